The third kappa shape index (κ3) is 5.28. The molecule has 1 N–H and O–H groups in total. The van der Waals surface area contributed by atoms with E-state index in [1.54, 1.807) is 13.4 Å². The van der Waals surface area contributed by atoms with Gasteiger partial charge in [-0.3, -0.25) is 0 Å². The molecule has 1 aromatic heterocycles. The molecule has 0 radical (unpaired) electrons. The largest absolute Gasteiger partial charge is 0.385 e. The monoisotopic (exact) mass is 240 g/mol. The summed E-state index contributed by atoms with van der Waals surface area (Å²) in [6.45, 7) is 6.91. The number of nitrogens with zero attached hydrogens (tertiary/aromatic N) is 3. The summed E-state index contributed by atoms with van der Waals surface area (Å²) in [6.07, 6.45) is 5.15. The SMILES string of the molecule is COCCCCCNCc1ncnn1C(C)C. The number of hydrogen-bond donors (Lipinski definition) is 1. The molecular formula is C12H24N4O. The summed E-state index contributed by atoms with van der Waals surface area (Å²) >= 11 is 0. The van der Waals surface area contributed by atoms with Gasteiger partial charge in [-0.25, -0.2) is 9.67 Å². The molecule has 5 heteroatoms. The molecule has 0 spiro atoms. The smallest absolute Gasteiger partial charge is 0.141 e. The fourth-order valence-electron chi connectivity index (χ4n) is 1.71. The van der Waals surface area contributed by atoms with E-state index in [1.807, 2.05) is 4.68 Å². The van der Waals surface area contributed by atoms with Gasteiger partial charge in [-0.05, 0) is 39.7 Å². The van der Waals surface area contributed by atoms with E-state index in [0.29, 0.717) is 6.04 Å². The minimum atomic E-state index is 0.371. The Morgan fingerprint density at radius 1 is 1.35 bits per heavy atom. The lowest BCUT2D eigenvalue weighted by Crippen LogP contribution is -2.19. The van der Waals surface area contributed by atoms with Gasteiger partial charge in [0.1, 0.15) is 12.2 Å². The summed E-state index contributed by atoms with van der Waals surface area (Å²) in [4.78, 5) is 4.25. The fourth-order valence-corrected chi connectivity index (χ4v) is 1.71. The van der Waals surface area contributed by atoms with Gasteiger partial charge in [-0.2, -0.15) is 5.10 Å². The molecule has 17 heavy (non-hydrogen) atoms. The van der Waals surface area contributed by atoms with Crippen LogP contribution in [0.15, 0.2) is 6.33 Å². The van der Waals surface area contributed by atoms with E-state index in [9.17, 15) is 0 Å². The first-order valence-corrected chi connectivity index (χ1v) is 6.33. The Morgan fingerprint density at radius 2 is 2.18 bits per heavy atom. The van der Waals surface area contributed by atoms with Crippen LogP contribution in [0.1, 0.15) is 45.0 Å². The number of aromatic nitrogens is 3. The highest BCUT2D eigenvalue weighted by molar-refractivity contribution is 4.85. The Hall–Kier alpha value is -0.940. The van der Waals surface area contributed by atoms with Crippen molar-refractivity contribution in [3.05, 3.63) is 12.2 Å². The van der Waals surface area contributed by atoms with Crippen LogP contribution in [-0.2, 0) is 11.3 Å². The Morgan fingerprint density at radius 3 is 2.88 bits per heavy atom. The molecule has 1 rings (SSSR count). The van der Waals surface area contributed by atoms with Gasteiger partial charge in [-0.15, -0.1) is 0 Å². The molecule has 1 heterocycles. The Labute approximate surface area is 104 Å². The van der Waals surface area contributed by atoms with E-state index in [4.69, 9.17) is 4.74 Å². The second kappa shape index (κ2) is 8.20. The molecule has 0 saturated heterocycles. The van der Waals surface area contributed by atoms with Gasteiger partial charge in [0, 0.05) is 19.8 Å². The molecule has 0 atom stereocenters. The Bertz CT molecular complexity index is 298. The van der Waals surface area contributed by atoms with Crippen LogP contribution in [0.3, 0.4) is 0 Å². The van der Waals surface area contributed by atoms with Crippen molar-refractivity contribution in [3.63, 3.8) is 0 Å². The predicted molar refractivity (Wildman–Crippen MR) is 67.8 cm³/mol. The Kier molecular flexibility index (Phi) is 6.81. The van der Waals surface area contributed by atoms with Gasteiger partial charge in [0.25, 0.3) is 0 Å². The zero-order chi connectivity index (χ0) is 12.5. The van der Waals surface area contributed by atoms with Crippen molar-refractivity contribution in [2.45, 2.75) is 45.7 Å². The van der Waals surface area contributed by atoms with Gasteiger partial charge in [0.05, 0.1) is 6.54 Å². The molecule has 0 aromatic carbocycles. The van der Waals surface area contributed by atoms with E-state index in [1.165, 1.54) is 12.8 Å². The zero-order valence-corrected chi connectivity index (χ0v) is 11.1. The van der Waals surface area contributed by atoms with E-state index in [2.05, 4.69) is 29.2 Å². The van der Waals surface area contributed by atoms with E-state index in [-0.39, 0.29) is 0 Å². The summed E-state index contributed by atoms with van der Waals surface area (Å²) in [5.74, 6) is 1.01. The second-order valence-electron chi connectivity index (χ2n) is 4.44. The standard InChI is InChI=1S/C12H24N4O/c1-11(2)16-12(14-10-15-16)9-13-7-5-4-6-8-17-3/h10-11,13H,4-9H2,1-3H3. The molecule has 0 saturated carbocycles. The number of hydrogen-bond acceptors (Lipinski definition) is 4. The summed E-state index contributed by atoms with van der Waals surface area (Å²) in [7, 11) is 1.75. The molecule has 0 amide bonds. The summed E-state index contributed by atoms with van der Waals surface area (Å²) < 4.78 is 6.96. The lowest BCUT2D eigenvalue weighted by molar-refractivity contribution is 0.192. The van der Waals surface area contributed by atoms with Crippen molar-refractivity contribution in [2.75, 3.05) is 20.3 Å². The van der Waals surface area contributed by atoms with Crippen molar-refractivity contribution in [2.24, 2.45) is 0 Å². The van der Waals surface area contributed by atoms with E-state index < -0.39 is 0 Å². The number of rotatable bonds is 9. The van der Waals surface area contributed by atoms with Crippen molar-refractivity contribution < 1.29 is 4.74 Å². The topological polar surface area (TPSA) is 52.0 Å². The van der Waals surface area contributed by atoms with E-state index in [0.717, 1.165) is 31.9 Å². The highest BCUT2D eigenvalue weighted by atomic mass is 16.5. The van der Waals surface area contributed by atoms with Gasteiger partial charge < -0.3 is 10.1 Å². The van der Waals surface area contributed by atoms with Crippen molar-refractivity contribution >= 4 is 0 Å². The van der Waals surface area contributed by atoms with Crippen molar-refractivity contribution in [3.8, 4) is 0 Å². The molecule has 0 bridgehead atoms. The molecule has 0 unspecified atom stereocenters. The van der Waals surface area contributed by atoms with Crippen LogP contribution in [0.4, 0.5) is 0 Å². The average molecular weight is 240 g/mol. The van der Waals surface area contributed by atoms with Crippen LogP contribution in [0.25, 0.3) is 0 Å². The van der Waals surface area contributed by atoms with Gasteiger partial charge >= 0.3 is 0 Å². The molecule has 1 aromatic rings. The maximum absolute atomic E-state index is 5.01. The lowest BCUT2D eigenvalue weighted by atomic mass is 10.2. The van der Waals surface area contributed by atoms with Crippen LogP contribution in [-0.4, -0.2) is 35.0 Å². The first-order valence-electron chi connectivity index (χ1n) is 6.33. The first kappa shape index (κ1) is 14.1. The van der Waals surface area contributed by atoms with Crippen molar-refractivity contribution in [1.29, 1.82) is 0 Å². The van der Waals surface area contributed by atoms with Crippen LogP contribution in [0.5, 0.6) is 0 Å². The van der Waals surface area contributed by atoms with Crippen LogP contribution in [0.2, 0.25) is 0 Å². The molecule has 0 aliphatic carbocycles. The molecule has 0 aliphatic rings. The van der Waals surface area contributed by atoms with Gasteiger partial charge in [0.15, 0.2) is 0 Å². The molecule has 5 nitrogen and oxygen atoms in total. The number of methoxy groups -OCH3 is 1. The average Bonchev–Trinajstić information content (AvgIpc) is 2.76. The normalized spacial score (nSPS) is 11.3. The quantitative estimate of drug-likeness (QED) is 0.668. The van der Waals surface area contributed by atoms with Gasteiger partial charge in [0.2, 0.25) is 0 Å². The summed E-state index contributed by atoms with van der Waals surface area (Å²) in [5.41, 5.74) is 0. The Balaban J connectivity index is 2.11. The maximum atomic E-state index is 5.01. The minimum absolute atomic E-state index is 0.371. The number of nitrogens with one attached hydrogen (secondary N) is 1. The van der Waals surface area contributed by atoms with Crippen LogP contribution >= 0.6 is 0 Å². The highest BCUT2D eigenvalue weighted by Crippen LogP contribution is 2.04. The fraction of sp³-hybridized carbons (Fsp3) is 0.833. The third-order valence-corrected chi connectivity index (χ3v) is 2.62. The summed E-state index contributed by atoms with van der Waals surface area (Å²) in [5, 5.41) is 7.60. The first-order chi connectivity index (χ1) is 8.25. The van der Waals surface area contributed by atoms with Gasteiger partial charge in [-0.1, -0.05) is 0 Å². The lowest BCUT2D eigenvalue weighted by Gasteiger charge is -2.09. The third-order valence-electron chi connectivity index (χ3n) is 2.62. The van der Waals surface area contributed by atoms with Crippen molar-refractivity contribution in [1.82, 2.24) is 20.1 Å². The molecular weight excluding hydrogens is 216 g/mol. The molecule has 0 fully saturated rings. The number of unbranched alkanes of at least 4 members (excludes halogenated alkanes) is 2. The van der Waals surface area contributed by atoms with Crippen LogP contribution < -0.4 is 5.32 Å². The zero-order valence-electron chi connectivity index (χ0n) is 11.1. The molecule has 98 valence electrons. The highest BCUT2D eigenvalue weighted by Gasteiger charge is 2.06. The van der Waals surface area contributed by atoms with Crippen LogP contribution in [0, 0.1) is 0 Å². The predicted octanol–water partition coefficient (Wildman–Crippen LogP) is 1.77. The molecule has 0 aliphatic heterocycles. The van der Waals surface area contributed by atoms with E-state index >= 15 is 0 Å². The maximum Gasteiger partial charge on any atom is 0.141 e. The second-order valence-corrected chi connectivity index (χ2v) is 4.44. The summed E-state index contributed by atoms with van der Waals surface area (Å²) in [6, 6.07) is 0.371. The minimum Gasteiger partial charge on any atom is -0.385 e. The number of ether oxygens (including phenoxy) is 1.